The van der Waals surface area contributed by atoms with Crippen molar-refractivity contribution in [3.63, 3.8) is 0 Å². The average Bonchev–Trinajstić information content (AvgIpc) is 2.80. The summed E-state index contributed by atoms with van der Waals surface area (Å²) in [5.74, 6) is -2.03. The highest BCUT2D eigenvalue weighted by atomic mass is 19.1. The SMILES string of the molecule is CN(C)CC1CCCN1C(=O)c1cc(F)cc(N)c1F. The highest BCUT2D eigenvalue weighted by Gasteiger charge is 2.31. The van der Waals surface area contributed by atoms with Crippen molar-refractivity contribution in [3.8, 4) is 0 Å². The molecule has 6 heteroatoms. The molecule has 1 fully saturated rings. The van der Waals surface area contributed by atoms with Crippen LogP contribution in [-0.2, 0) is 0 Å². The first-order chi connectivity index (χ1) is 9.40. The third-order valence-electron chi connectivity index (χ3n) is 3.51. The van der Waals surface area contributed by atoms with E-state index >= 15 is 0 Å². The summed E-state index contributed by atoms with van der Waals surface area (Å²) in [7, 11) is 3.84. The molecule has 0 spiro atoms. The number of hydrogen-bond donors (Lipinski definition) is 1. The molecule has 1 aliphatic rings. The van der Waals surface area contributed by atoms with Gasteiger partial charge in [-0.3, -0.25) is 4.79 Å². The Bertz CT molecular complexity index is 519. The maximum absolute atomic E-state index is 13.9. The van der Waals surface area contributed by atoms with Gasteiger partial charge in [0.1, 0.15) is 5.82 Å². The predicted octanol–water partition coefficient (Wildman–Crippen LogP) is 1.71. The van der Waals surface area contributed by atoms with Gasteiger partial charge in [0.25, 0.3) is 5.91 Å². The molecule has 4 nitrogen and oxygen atoms in total. The second kappa shape index (κ2) is 5.75. The van der Waals surface area contributed by atoms with Crippen LogP contribution in [0.15, 0.2) is 12.1 Å². The number of halogens is 2. The largest absolute Gasteiger partial charge is 0.396 e. The number of carbonyl (C=O) groups excluding carboxylic acids is 1. The quantitative estimate of drug-likeness (QED) is 0.859. The fourth-order valence-corrected chi connectivity index (χ4v) is 2.64. The van der Waals surface area contributed by atoms with E-state index in [0.29, 0.717) is 13.1 Å². The molecule has 0 aromatic heterocycles. The van der Waals surface area contributed by atoms with Crippen LogP contribution in [0.2, 0.25) is 0 Å². The molecule has 20 heavy (non-hydrogen) atoms. The number of benzene rings is 1. The second-order valence-electron chi connectivity index (χ2n) is 5.41. The van der Waals surface area contributed by atoms with Crippen molar-refractivity contribution >= 4 is 11.6 Å². The van der Waals surface area contributed by atoms with Gasteiger partial charge < -0.3 is 15.5 Å². The average molecular weight is 283 g/mol. The van der Waals surface area contributed by atoms with Crippen LogP contribution in [0.1, 0.15) is 23.2 Å². The molecule has 0 saturated carbocycles. The van der Waals surface area contributed by atoms with Gasteiger partial charge in [0, 0.05) is 19.1 Å². The number of likely N-dealkylation sites (tertiary alicyclic amines) is 1. The lowest BCUT2D eigenvalue weighted by atomic mass is 10.1. The maximum atomic E-state index is 13.9. The lowest BCUT2D eigenvalue weighted by Gasteiger charge is -2.27. The number of nitrogens with zero attached hydrogens (tertiary/aromatic N) is 2. The van der Waals surface area contributed by atoms with Crippen molar-refractivity contribution in [1.29, 1.82) is 0 Å². The Labute approximate surface area is 117 Å². The molecule has 0 radical (unpaired) electrons. The van der Waals surface area contributed by atoms with Crippen molar-refractivity contribution in [2.24, 2.45) is 0 Å². The molecule has 2 rings (SSSR count). The molecule has 1 heterocycles. The number of nitrogen functional groups attached to an aromatic ring is 1. The number of amides is 1. The van der Waals surface area contributed by atoms with Gasteiger partial charge in [0.15, 0.2) is 5.82 Å². The van der Waals surface area contributed by atoms with Gasteiger partial charge in [0.2, 0.25) is 0 Å². The van der Waals surface area contributed by atoms with E-state index < -0.39 is 17.5 Å². The van der Waals surface area contributed by atoms with Crippen LogP contribution in [-0.4, -0.2) is 48.9 Å². The van der Waals surface area contributed by atoms with Crippen LogP contribution < -0.4 is 5.73 Å². The summed E-state index contributed by atoms with van der Waals surface area (Å²) < 4.78 is 27.3. The molecule has 1 aromatic rings. The Balaban J connectivity index is 2.27. The molecule has 1 atom stereocenters. The van der Waals surface area contributed by atoms with Gasteiger partial charge in [-0.1, -0.05) is 0 Å². The van der Waals surface area contributed by atoms with Gasteiger partial charge >= 0.3 is 0 Å². The fraction of sp³-hybridized carbons (Fsp3) is 0.500. The van der Waals surface area contributed by atoms with E-state index in [1.54, 1.807) is 4.90 Å². The maximum Gasteiger partial charge on any atom is 0.257 e. The summed E-state index contributed by atoms with van der Waals surface area (Å²) in [6.45, 7) is 1.27. The molecule has 0 aliphatic carbocycles. The molecule has 110 valence electrons. The van der Waals surface area contributed by atoms with Crippen LogP contribution in [0.4, 0.5) is 14.5 Å². The van der Waals surface area contributed by atoms with Crippen LogP contribution in [0.3, 0.4) is 0 Å². The summed E-state index contributed by atoms with van der Waals surface area (Å²) in [6, 6.07) is 1.83. The monoisotopic (exact) mass is 283 g/mol. The summed E-state index contributed by atoms with van der Waals surface area (Å²) in [5, 5.41) is 0. The van der Waals surface area contributed by atoms with Crippen molar-refractivity contribution in [2.75, 3.05) is 32.9 Å². The zero-order valence-corrected chi connectivity index (χ0v) is 11.7. The van der Waals surface area contributed by atoms with Crippen LogP contribution in [0.5, 0.6) is 0 Å². The second-order valence-corrected chi connectivity index (χ2v) is 5.41. The fourth-order valence-electron chi connectivity index (χ4n) is 2.64. The number of carbonyl (C=O) groups is 1. The third kappa shape index (κ3) is 2.90. The van der Waals surface area contributed by atoms with E-state index in [4.69, 9.17) is 5.73 Å². The van der Waals surface area contributed by atoms with Crippen LogP contribution >= 0.6 is 0 Å². The molecule has 1 aromatic carbocycles. The van der Waals surface area contributed by atoms with E-state index in [0.717, 1.165) is 25.0 Å². The Morgan fingerprint density at radius 1 is 1.45 bits per heavy atom. The van der Waals surface area contributed by atoms with E-state index in [1.807, 2.05) is 19.0 Å². The summed E-state index contributed by atoms with van der Waals surface area (Å²) in [6.07, 6.45) is 1.74. The number of nitrogens with two attached hydrogens (primary N) is 1. The van der Waals surface area contributed by atoms with Gasteiger partial charge in [-0.2, -0.15) is 0 Å². The van der Waals surface area contributed by atoms with Gasteiger partial charge in [0.05, 0.1) is 11.3 Å². The standard InChI is InChI=1S/C14H19F2N3O/c1-18(2)8-10-4-3-5-19(10)14(20)11-6-9(15)7-12(17)13(11)16/h6-7,10H,3-5,8,17H2,1-2H3. The first kappa shape index (κ1) is 14.7. The van der Waals surface area contributed by atoms with E-state index in [-0.39, 0.29) is 17.3 Å². The number of hydrogen-bond acceptors (Lipinski definition) is 3. The first-order valence-corrected chi connectivity index (χ1v) is 6.60. The lowest BCUT2D eigenvalue weighted by molar-refractivity contribution is 0.0711. The topological polar surface area (TPSA) is 49.6 Å². The predicted molar refractivity (Wildman–Crippen MR) is 73.4 cm³/mol. The zero-order valence-electron chi connectivity index (χ0n) is 11.7. The van der Waals surface area contributed by atoms with Crippen LogP contribution in [0, 0.1) is 11.6 Å². The minimum atomic E-state index is -0.841. The number of rotatable bonds is 3. The molecule has 1 amide bonds. The van der Waals surface area contributed by atoms with Crippen molar-refractivity contribution < 1.29 is 13.6 Å². The molecule has 1 aliphatic heterocycles. The van der Waals surface area contributed by atoms with Gasteiger partial charge in [-0.05, 0) is 39.1 Å². The van der Waals surface area contributed by atoms with Gasteiger partial charge in [-0.15, -0.1) is 0 Å². The molecule has 1 saturated heterocycles. The van der Waals surface area contributed by atoms with E-state index in [1.165, 1.54) is 0 Å². The molecular formula is C14H19F2N3O. The van der Waals surface area contributed by atoms with Crippen molar-refractivity contribution in [2.45, 2.75) is 18.9 Å². The molecule has 1 unspecified atom stereocenters. The Hall–Kier alpha value is -1.69. The van der Waals surface area contributed by atoms with E-state index in [2.05, 4.69) is 0 Å². The molecular weight excluding hydrogens is 264 g/mol. The molecule has 0 bridgehead atoms. The zero-order chi connectivity index (χ0) is 14.9. The van der Waals surface area contributed by atoms with Gasteiger partial charge in [-0.25, -0.2) is 8.78 Å². The minimum absolute atomic E-state index is 0.0291. The van der Waals surface area contributed by atoms with Crippen LogP contribution in [0.25, 0.3) is 0 Å². The smallest absolute Gasteiger partial charge is 0.257 e. The Kier molecular flexibility index (Phi) is 4.23. The number of likely N-dealkylation sites (N-methyl/N-ethyl adjacent to an activating group) is 1. The number of anilines is 1. The highest BCUT2D eigenvalue weighted by Crippen LogP contribution is 2.24. The Morgan fingerprint density at radius 3 is 2.80 bits per heavy atom. The first-order valence-electron chi connectivity index (χ1n) is 6.60. The van der Waals surface area contributed by atoms with E-state index in [9.17, 15) is 13.6 Å². The molecule has 2 N–H and O–H groups in total. The van der Waals surface area contributed by atoms with Crippen molar-refractivity contribution in [3.05, 3.63) is 29.3 Å². The highest BCUT2D eigenvalue weighted by molar-refractivity contribution is 5.95. The Morgan fingerprint density at radius 2 is 2.15 bits per heavy atom. The normalized spacial score (nSPS) is 18.9. The lowest BCUT2D eigenvalue weighted by Crippen LogP contribution is -2.41. The summed E-state index contributed by atoms with van der Waals surface area (Å²) >= 11 is 0. The summed E-state index contributed by atoms with van der Waals surface area (Å²) in [4.78, 5) is 16.0. The minimum Gasteiger partial charge on any atom is -0.396 e. The summed E-state index contributed by atoms with van der Waals surface area (Å²) in [5.41, 5.74) is 4.76. The third-order valence-corrected chi connectivity index (χ3v) is 3.51. The van der Waals surface area contributed by atoms with Crippen molar-refractivity contribution in [1.82, 2.24) is 9.80 Å².